The van der Waals surface area contributed by atoms with Crippen LogP contribution in [-0.2, 0) is 16.1 Å². The van der Waals surface area contributed by atoms with Gasteiger partial charge in [0.1, 0.15) is 6.61 Å². The number of hydrogen-bond acceptors (Lipinski definition) is 5. The van der Waals surface area contributed by atoms with Crippen molar-refractivity contribution in [2.45, 2.75) is 19.4 Å². The number of thiazole rings is 1. The van der Waals surface area contributed by atoms with Gasteiger partial charge in [0, 0.05) is 31.6 Å². The van der Waals surface area contributed by atoms with E-state index < -0.39 is 6.09 Å². The van der Waals surface area contributed by atoms with E-state index in [0.29, 0.717) is 24.5 Å². The minimum Gasteiger partial charge on any atom is -0.445 e. The summed E-state index contributed by atoms with van der Waals surface area (Å²) >= 11 is 1.41. The SMILES string of the molecule is CN(C(=O)CCCNC(=O)OCc1ccccc1)c1nccs1. The third-order valence-electron chi connectivity index (χ3n) is 3.13. The zero-order valence-corrected chi connectivity index (χ0v) is 13.7. The van der Waals surface area contributed by atoms with Crippen LogP contribution in [0.4, 0.5) is 9.93 Å². The Balaban J connectivity index is 1.59. The lowest BCUT2D eigenvalue weighted by Crippen LogP contribution is -2.29. The van der Waals surface area contributed by atoms with Crippen LogP contribution in [-0.4, -0.2) is 30.6 Å². The maximum absolute atomic E-state index is 11.9. The van der Waals surface area contributed by atoms with Gasteiger partial charge in [-0.1, -0.05) is 30.3 Å². The number of amides is 2. The normalized spacial score (nSPS) is 10.1. The van der Waals surface area contributed by atoms with Gasteiger partial charge in [-0.15, -0.1) is 11.3 Å². The lowest BCUT2D eigenvalue weighted by atomic mass is 10.2. The number of rotatable bonds is 7. The first kappa shape index (κ1) is 17.0. The van der Waals surface area contributed by atoms with Crippen molar-refractivity contribution in [3.63, 3.8) is 0 Å². The maximum atomic E-state index is 11.9. The summed E-state index contributed by atoms with van der Waals surface area (Å²) in [6.45, 7) is 0.628. The van der Waals surface area contributed by atoms with E-state index in [1.54, 1.807) is 13.2 Å². The molecule has 1 N–H and O–H groups in total. The van der Waals surface area contributed by atoms with E-state index in [2.05, 4.69) is 10.3 Å². The van der Waals surface area contributed by atoms with Crippen molar-refractivity contribution in [3.8, 4) is 0 Å². The molecule has 0 fully saturated rings. The number of nitrogens with zero attached hydrogens (tertiary/aromatic N) is 2. The molecule has 2 aromatic rings. The van der Waals surface area contributed by atoms with Crippen molar-refractivity contribution >= 4 is 28.5 Å². The zero-order valence-electron chi connectivity index (χ0n) is 12.9. The molecular formula is C16H19N3O3S. The maximum Gasteiger partial charge on any atom is 0.407 e. The monoisotopic (exact) mass is 333 g/mol. The number of aromatic nitrogens is 1. The van der Waals surface area contributed by atoms with Gasteiger partial charge in [-0.3, -0.25) is 9.69 Å². The molecule has 0 aliphatic heterocycles. The summed E-state index contributed by atoms with van der Waals surface area (Å²) in [5.41, 5.74) is 0.933. The lowest BCUT2D eigenvalue weighted by molar-refractivity contribution is -0.118. The molecule has 2 amide bonds. The summed E-state index contributed by atoms with van der Waals surface area (Å²) < 4.78 is 5.09. The fourth-order valence-electron chi connectivity index (χ4n) is 1.86. The number of ether oxygens (including phenoxy) is 1. The summed E-state index contributed by atoms with van der Waals surface area (Å²) in [5.74, 6) is -0.0283. The van der Waals surface area contributed by atoms with E-state index in [9.17, 15) is 9.59 Å². The lowest BCUT2D eigenvalue weighted by Gasteiger charge is -2.13. The van der Waals surface area contributed by atoms with E-state index in [4.69, 9.17) is 4.74 Å². The average Bonchev–Trinajstić information content (AvgIpc) is 3.11. The highest BCUT2D eigenvalue weighted by Crippen LogP contribution is 2.16. The van der Waals surface area contributed by atoms with E-state index in [-0.39, 0.29) is 12.5 Å². The molecule has 0 radical (unpaired) electrons. The molecule has 0 bridgehead atoms. The highest BCUT2D eigenvalue weighted by atomic mass is 32.1. The Morgan fingerprint density at radius 3 is 2.78 bits per heavy atom. The molecular weight excluding hydrogens is 314 g/mol. The first-order valence-corrected chi connectivity index (χ1v) is 8.15. The Hall–Kier alpha value is -2.41. The highest BCUT2D eigenvalue weighted by molar-refractivity contribution is 7.13. The Morgan fingerprint density at radius 2 is 2.09 bits per heavy atom. The van der Waals surface area contributed by atoms with E-state index in [1.165, 1.54) is 16.2 Å². The molecule has 0 aliphatic carbocycles. The molecule has 0 spiro atoms. The van der Waals surface area contributed by atoms with Crippen molar-refractivity contribution in [1.82, 2.24) is 10.3 Å². The Bertz CT molecular complexity index is 617. The van der Waals surface area contributed by atoms with Gasteiger partial charge in [0.05, 0.1) is 0 Å². The molecule has 0 aliphatic rings. The van der Waals surface area contributed by atoms with E-state index in [1.807, 2.05) is 35.7 Å². The number of carbonyl (C=O) groups is 2. The fraction of sp³-hybridized carbons (Fsp3) is 0.312. The molecule has 0 atom stereocenters. The molecule has 1 heterocycles. The molecule has 122 valence electrons. The first-order chi connectivity index (χ1) is 11.2. The smallest absolute Gasteiger partial charge is 0.407 e. The largest absolute Gasteiger partial charge is 0.445 e. The van der Waals surface area contributed by atoms with Crippen LogP contribution in [0.15, 0.2) is 41.9 Å². The molecule has 6 nitrogen and oxygen atoms in total. The summed E-state index contributed by atoms with van der Waals surface area (Å²) in [7, 11) is 1.70. The van der Waals surface area contributed by atoms with Crippen LogP contribution in [0, 0.1) is 0 Å². The summed E-state index contributed by atoms with van der Waals surface area (Å²) in [6.07, 6.45) is 2.08. The Kier molecular flexibility index (Phi) is 6.56. The first-order valence-electron chi connectivity index (χ1n) is 7.27. The third kappa shape index (κ3) is 5.71. The standard InChI is InChI=1S/C16H19N3O3S/c1-19(15-17-10-11-23-15)14(20)8-5-9-18-16(21)22-12-13-6-3-2-4-7-13/h2-4,6-7,10-11H,5,8-9,12H2,1H3,(H,18,21). The van der Waals surface area contributed by atoms with Gasteiger partial charge in [-0.05, 0) is 12.0 Å². The Morgan fingerprint density at radius 1 is 1.30 bits per heavy atom. The molecule has 0 saturated carbocycles. The number of nitrogens with one attached hydrogen (secondary N) is 1. The number of anilines is 1. The van der Waals surface area contributed by atoms with Crippen molar-refractivity contribution in [3.05, 3.63) is 47.5 Å². The van der Waals surface area contributed by atoms with Crippen LogP contribution < -0.4 is 10.2 Å². The topological polar surface area (TPSA) is 71.5 Å². The van der Waals surface area contributed by atoms with Crippen LogP contribution in [0.2, 0.25) is 0 Å². The van der Waals surface area contributed by atoms with Gasteiger partial charge in [0.25, 0.3) is 0 Å². The van der Waals surface area contributed by atoms with Gasteiger partial charge in [-0.2, -0.15) is 0 Å². The van der Waals surface area contributed by atoms with Crippen molar-refractivity contribution in [1.29, 1.82) is 0 Å². The molecule has 23 heavy (non-hydrogen) atoms. The number of benzene rings is 1. The van der Waals surface area contributed by atoms with Crippen LogP contribution in [0.3, 0.4) is 0 Å². The van der Waals surface area contributed by atoms with Gasteiger partial charge >= 0.3 is 6.09 Å². The number of alkyl carbamates (subject to hydrolysis) is 1. The minimum atomic E-state index is -0.477. The number of carbonyl (C=O) groups excluding carboxylic acids is 2. The molecule has 1 aromatic heterocycles. The molecule has 7 heteroatoms. The minimum absolute atomic E-state index is 0.0283. The van der Waals surface area contributed by atoms with Gasteiger partial charge < -0.3 is 10.1 Å². The van der Waals surface area contributed by atoms with E-state index >= 15 is 0 Å². The number of hydrogen-bond donors (Lipinski definition) is 1. The predicted octanol–water partition coefficient (Wildman–Crippen LogP) is 2.81. The second kappa shape index (κ2) is 8.89. The van der Waals surface area contributed by atoms with Crippen molar-refractivity contribution in [2.75, 3.05) is 18.5 Å². The van der Waals surface area contributed by atoms with Gasteiger partial charge in [0.2, 0.25) is 5.91 Å². The van der Waals surface area contributed by atoms with Crippen LogP contribution >= 0.6 is 11.3 Å². The summed E-state index contributed by atoms with van der Waals surface area (Å²) in [5, 5.41) is 5.13. The molecule has 0 unspecified atom stereocenters. The fourth-order valence-corrected chi connectivity index (χ4v) is 2.49. The molecule has 1 aromatic carbocycles. The van der Waals surface area contributed by atoms with E-state index in [0.717, 1.165) is 5.56 Å². The molecule has 0 saturated heterocycles. The summed E-state index contributed by atoms with van der Waals surface area (Å²) in [4.78, 5) is 29.1. The van der Waals surface area contributed by atoms with Gasteiger partial charge in [-0.25, -0.2) is 9.78 Å². The summed E-state index contributed by atoms with van der Waals surface area (Å²) in [6, 6.07) is 9.46. The quantitative estimate of drug-likeness (QED) is 0.791. The molecule has 2 rings (SSSR count). The van der Waals surface area contributed by atoms with Crippen LogP contribution in [0.1, 0.15) is 18.4 Å². The predicted molar refractivity (Wildman–Crippen MR) is 89.4 cm³/mol. The highest BCUT2D eigenvalue weighted by Gasteiger charge is 2.12. The van der Waals surface area contributed by atoms with Crippen molar-refractivity contribution < 1.29 is 14.3 Å². The van der Waals surface area contributed by atoms with Crippen LogP contribution in [0.5, 0.6) is 0 Å². The Labute approximate surface area is 139 Å². The van der Waals surface area contributed by atoms with Crippen molar-refractivity contribution in [2.24, 2.45) is 0 Å². The van der Waals surface area contributed by atoms with Crippen LogP contribution in [0.25, 0.3) is 0 Å². The zero-order chi connectivity index (χ0) is 16.5. The second-order valence-corrected chi connectivity index (χ2v) is 5.73. The average molecular weight is 333 g/mol. The van der Waals surface area contributed by atoms with Gasteiger partial charge in [0.15, 0.2) is 5.13 Å². The second-order valence-electron chi connectivity index (χ2n) is 4.86. The third-order valence-corrected chi connectivity index (χ3v) is 3.98.